The van der Waals surface area contributed by atoms with Gasteiger partial charge in [-0.1, -0.05) is 12.1 Å². The predicted molar refractivity (Wildman–Crippen MR) is 122 cm³/mol. The lowest BCUT2D eigenvalue weighted by Gasteiger charge is -2.37. The molecule has 0 aliphatic carbocycles. The molecular weight excluding hydrogens is 411 g/mol. The van der Waals surface area contributed by atoms with Crippen molar-refractivity contribution in [3.63, 3.8) is 0 Å². The number of hydrogen-bond acceptors (Lipinski definition) is 5. The van der Waals surface area contributed by atoms with Gasteiger partial charge in [-0.25, -0.2) is 4.39 Å². The number of methoxy groups -OCH3 is 2. The maximum Gasteiger partial charge on any atom is 0.161 e. The smallest absolute Gasteiger partial charge is 0.161 e. The lowest BCUT2D eigenvalue weighted by Crippen LogP contribution is -2.35. The van der Waals surface area contributed by atoms with Gasteiger partial charge in [0.15, 0.2) is 11.5 Å². The topological polar surface area (TPSA) is 34.6 Å². The van der Waals surface area contributed by atoms with Gasteiger partial charge in [-0.3, -0.25) is 9.88 Å². The molecule has 0 spiro atoms. The van der Waals surface area contributed by atoms with E-state index in [4.69, 9.17) is 9.47 Å². The Kier molecular flexibility index (Phi) is 5.34. The van der Waals surface area contributed by atoms with E-state index in [1.54, 1.807) is 43.9 Å². The van der Waals surface area contributed by atoms with Crippen LogP contribution in [0.15, 0.2) is 60.1 Å². The zero-order chi connectivity index (χ0) is 21.4. The van der Waals surface area contributed by atoms with Gasteiger partial charge in [-0.2, -0.15) is 0 Å². The Bertz CT molecular complexity index is 1230. The van der Waals surface area contributed by atoms with Crippen LogP contribution in [-0.4, -0.2) is 30.6 Å². The van der Waals surface area contributed by atoms with E-state index >= 15 is 0 Å². The van der Waals surface area contributed by atoms with E-state index in [2.05, 4.69) is 39.5 Å². The number of benzene rings is 2. The van der Waals surface area contributed by atoms with Gasteiger partial charge in [0.2, 0.25) is 0 Å². The lowest BCUT2D eigenvalue weighted by atomic mass is 9.90. The van der Waals surface area contributed by atoms with E-state index in [0.29, 0.717) is 6.54 Å². The Morgan fingerprint density at radius 2 is 1.94 bits per heavy atom. The fraction of sp³-hybridized carbons (Fsp3) is 0.240. The van der Waals surface area contributed by atoms with Crippen LogP contribution in [0.25, 0.3) is 10.9 Å². The number of rotatable bonds is 5. The summed E-state index contributed by atoms with van der Waals surface area (Å²) in [7, 11) is 3.33. The number of ether oxygens (including phenoxy) is 2. The molecule has 2 aromatic heterocycles. The number of aromatic nitrogens is 1. The molecule has 4 nitrogen and oxygen atoms in total. The summed E-state index contributed by atoms with van der Waals surface area (Å²) < 4.78 is 25.5. The van der Waals surface area contributed by atoms with E-state index in [0.717, 1.165) is 40.9 Å². The van der Waals surface area contributed by atoms with E-state index < -0.39 is 0 Å². The highest BCUT2D eigenvalue weighted by atomic mass is 32.1. The number of hydrogen-bond donors (Lipinski definition) is 0. The fourth-order valence-corrected chi connectivity index (χ4v) is 5.39. The molecule has 3 heterocycles. The van der Waals surface area contributed by atoms with Crippen molar-refractivity contribution < 1.29 is 13.9 Å². The third-order valence-corrected chi connectivity index (χ3v) is 6.83. The second kappa shape index (κ2) is 8.29. The molecule has 6 heteroatoms. The summed E-state index contributed by atoms with van der Waals surface area (Å²) in [5.41, 5.74) is 4.22. The van der Waals surface area contributed by atoms with Crippen LogP contribution in [0.3, 0.4) is 0 Å². The molecule has 0 radical (unpaired) electrons. The summed E-state index contributed by atoms with van der Waals surface area (Å²) in [5.74, 6) is 1.24. The van der Waals surface area contributed by atoms with Crippen molar-refractivity contribution in [1.29, 1.82) is 0 Å². The Morgan fingerprint density at radius 3 is 2.71 bits per heavy atom. The van der Waals surface area contributed by atoms with Crippen LogP contribution >= 0.6 is 11.3 Å². The molecule has 1 unspecified atom stereocenters. The van der Waals surface area contributed by atoms with Crippen LogP contribution in [0.4, 0.5) is 4.39 Å². The monoisotopic (exact) mass is 434 g/mol. The Hall–Kier alpha value is -2.96. The third-order valence-electron chi connectivity index (χ3n) is 5.91. The van der Waals surface area contributed by atoms with Gasteiger partial charge in [0.25, 0.3) is 0 Å². The maximum atomic E-state index is 14.4. The highest BCUT2D eigenvalue weighted by Crippen LogP contribution is 2.43. The van der Waals surface area contributed by atoms with E-state index in [1.807, 2.05) is 12.1 Å². The first kappa shape index (κ1) is 20.0. The average Bonchev–Trinajstić information content (AvgIpc) is 3.32. The summed E-state index contributed by atoms with van der Waals surface area (Å²) in [6.07, 6.45) is 2.65. The summed E-state index contributed by atoms with van der Waals surface area (Å²) in [6, 6.07) is 15.4. The minimum absolute atomic E-state index is 0.0607. The summed E-state index contributed by atoms with van der Waals surface area (Å²) in [4.78, 5) is 8.20. The van der Waals surface area contributed by atoms with Crippen LogP contribution in [0.5, 0.6) is 11.5 Å². The normalized spacial score (nSPS) is 16.3. The zero-order valence-electron chi connectivity index (χ0n) is 17.5. The number of thiophene rings is 1. The predicted octanol–water partition coefficient (Wildman–Crippen LogP) is 5.60. The van der Waals surface area contributed by atoms with Gasteiger partial charge in [0.05, 0.1) is 25.8 Å². The molecule has 4 aromatic rings. The van der Waals surface area contributed by atoms with Gasteiger partial charge in [0.1, 0.15) is 5.82 Å². The van der Waals surface area contributed by atoms with Crippen LogP contribution in [0.1, 0.15) is 27.6 Å². The molecule has 5 rings (SSSR count). The number of halogens is 1. The summed E-state index contributed by atoms with van der Waals surface area (Å²) in [6.45, 7) is 1.47. The molecule has 0 saturated heterocycles. The van der Waals surface area contributed by atoms with E-state index in [9.17, 15) is 4.39 Å². The van der Waals surface area contributed by atoms with Crippen molar-refractivity contribution in [2.45, 2.75) is 19.0 Å². The zero-order valence-corrected chi connectivity index (χ0v) is 18.3. The number of fused-ring (bicyclic) bond motifs is 2. The molecule has 0 N–H and O–H groups in total. The average molecular weight is 435 g/mol. The van der Waals surface area contributed by atoms with Gasteiger partial charge in [-0.05, 0) is 64.9 Å². The molecule has 158 valence electrons. The van der Waals surface area contributed by atoms with Crippen molar-refractivity contribution in [1.82, 2.24) is 9.88 Å². The largest absolute Gasteiger partial charge is 0.493 e. The number of nitrogens with zero attached hydrogens (tertiary/aromatic N) is 2. The maximum absolute atomic E-state index is 14.4. The van der Waals surface area contributed by atoms with E-state index in [-0.39, 0.29) is 11.9 Å². The van der Waals surface area contributed by atoms with Crippen molar-refractivity contribution in [3.05, 3.63) is 87.5 Å². The van der Waals surface area contributed by atoms with Gasteiger partial charge in [0, 0.05) is 29.5 Å². The Morgan fingerprint density at radius 1 is 1.10 bits per heavy atom. The second-order valence-electron chi connectivity index (χ2n) is 7.68. The standard InChI is InChI=1S/C25H23FN2O2S/c1-29-21-13-16-7-9-28(15-18-12-19(26)11-17-5-3-8-27-24(17)18)25(23-6-4-10-31-23)20(16)14-22(21)30-2/h3-6,8,10-14,25H,7,9,15H2,1-2H3. The van der Waals surface area contributed by atoms with Crippen molar-refractivity contribution in [2.75, 3.05) is 20.8 Å². The Labute approximate surface area is 184 Å². The van der Waals surface area contributed by atoms with Gasteiger partial charge < -0.3 is 9.47 Å². The number of pyridine rings is 1. The first-order chi connectivity index (χ1) is 15.2. The molecular formula is C25H23FN2O2S. The molecule has 1 aliphatic rings. The molecule has 0 bridgehead atoms. The quantitative estimate of drug-likeness (QED) is 0.410. The SMILES string of the molecule is COc1cc2c(cc1OC)C(c1cccs1)N(Cc1cc(F)cc3cccnc13)CC2. The molecule has 0 saturated carbocycles. The molecule has 31 heavy (non-hydrogen) atoms. The molecule has 0 amide bonds. The third kappa shape index (κ3) is 3.66. The highest BCUT2D eigenvalue weighted by molar-refractivity contribution is 7.10. The minimum Gasteiger partial charge on any atom is -0.493 e. The van der Waals surface area contributed by atoms with Gasteiger partial charge >= 0.3 is 0 Å². The second-order valence-corrected chi connectivity index (χ2v) is 8.66. The fourth-order valence-electron chi connectivity index (χ4n) is 4.51. The highest BCUT2D eigenvalue weighted by Gasteiger charge is 2.31. The molecule has 2 aromatic carbocycles. The van der Waals surface area contributed by atoms with Crippen LogP contribution < -0.4 is 9.47 Å². The van der Waals surface area contributed by atoms with Crippen molar-refractivity contribution in [3.8, 4) is 11.5 Å². The lowest BCUT2D eigenvalue weighted by molar-refractivity contribution is 0.206. The summed E-state index contributed by atoms with van der Waals surface area (Å²) >= 11 is 1.73. The van der Waals surface area contributed by atoms with Gasteiger partial charge in [-0.15, -0.1) is 11.3 Å². The Balaban J connectivity index is 1.60. The first-order valence-electron chi connectivity index (χ1n) is 10.2. The van der Waals surface area contributed by atoms with Crippen molar-refractivity contribution in [2.24, 2.45) is 0 Å². The molecule has 0 fully saturated rings. The molecule has 1 aliphatic heterocycles. The van der Waals surface area contributed by atoms with Crippen LogP contribution in [0.2, 0.25) is 0 Å². The van der Waals surface area contributed by atoms with Crippen molar-refractivity contribution >= 4 is 22.2 Å². The summed E-state index contributed by atoms with van der Waals surface area (Å²) in [5, 5.41) is 2.93. The minimum atomic E-state index is -0.230. The van der Waals surface area contributed by atoms with E-state index in [1.165, 1.54) is 16.0 Å². The molecule has 1 atom stereocenters. The van der Waals surface area contributed by atoms with Crippen LogP contribution in [0, 0.1) is 5.82 Å². The van der Waals surface area contributed by atoms with Crippen LogP contribution in [-0.2, 0) is 13.0 Å². The first-order valence-corrected chi connectivity index (χ1v) is 11.1.